The molecule has 4 heteroatoms. The molecule has 0 radical (unpaired) electrons. The number of nitrogens with one attached hydrogen (secondary N) is 1. The number of rotatable bonds is 3. The lowest BCUT2D eigenvalue weighted by atomic mass is 9.80. The largest absolute Gasteiger partial charge is 0.393 e. The molecule has 0 aromatic heterocycles. The number of aliphatic hydroxyl groups is 1. The normalized spacial score (nSPS) is 32.4. The molecule has 0 bridgehead atoms. The van der Waals surface area contributed by atoms with Gasteiger partial charge >= 0.3 is 6.03 Å². The van der Waals surface area contributed by atoms with Crippen molar-refractivity contribution in [2.75, 3.05) is 19.6 Å². The second-order valence-electron chi connectivity index (χ2n) is 5.41. The third kappa shape index (κ3) is 2.92. The van der Waals surface area contributed by atoms with Crippen molar-refractivity contribution in [3.05, 3.63) is 0 Å². The van der Waals surface area contributed by atoms with Crippen LogP contribution in [-0.4, -0.2) is 41.8 Å². The Kier molecular flexibility index (Phi) is 4.26. The lowest BCUT2D eigenvalue weighted by molar-refractivity contribution is 0.0553. The van der Waals surface area contributed by atoms with Gasteiger partial charge in [0, 0.05) is 25.6 Å². The average Bonchev–Trinajstić information content (AvgIpc) is 2.75. The molecular formula is C13H24N2O2. The highest BCUT2D eigenvalue weighted by Gasteiger charge is 2.40. The number of unbranched alkanes of at least 4 members (excludes halogenated alkanes) is 1. The van der Waals surface area contributed by atoms with E-state index >= 15 is 0 Å². The monoisotopic (exact) mass is 240 g/mol. The first-order valence-electron chi connectivity index (χ1n) is 6.93. The predicted molar refractivity (Wildman–Crippen MR) is 66.7 cm³/mol. The molecule has 2 N–H and O–H groups in total. The SMILES string of the molecule is CCCCNC(=O)N1C[C@@H]2CCC[C@H](O)[C@@H]2C1. The van der Waals surface area contributed by atoms with Crippen molar-refractivity contribution in [2.45, 2.75) is 45.1 Å². The third-order valence-corrected chi connectivity index (χ3v) is 4.15. The molecule has 2 rings (SSSR count). The summed E-state index contributed by atoms with van der Waals surface area (Å²) in [6.07, 6.45) is 5.13. The first-order valence-corrected chi connectivity index (χ1v) is 6.93. The summed E-state index contributed by atoms with van der Waals surface area (Å²) in [5.74, 6) is 0.844. The Morgan fingerprint density at radius 2 is 2.24 bits per heavy atom. The van der Waals surface area contributed by atoms with E-state index in [-0.39, 0.29) is 12.1 Å². The molecule has 2 aliphatic rings. The highest BCUT2D eigenvalue weighted by molar-refractivity contribution is 5.74. The second kappa shape index (κ2) is 5.71. The first-order chi connectivity index (χ1) is 8.22. The first kappa shape index (κ1) is 12.7. The van der Waals surface area contributed by atoms with E-state index in [4.69, 9.17) is 0 Å². The van der Waals surface area contributed by atoms with Gasteiger partial charge in [0.25, 0.3) is 0 Å². The van der Waals surface area contributed by atoms with E-state index in [1.807, 2.05) is 4.90 Å². The Hall–Kier alpha value is -0.770. The van der Waals surface area contributed by atoms with Gasteiger partial charge < -0.3 is 15.3 Å². The summed E-state index contributed by atoms with van der Waals surface area (Å²) in [7, 11) is 0. The molecule has 2 amide bonds. The van der Waals surface area contributed by atoms with E-state index < -0.39 is 0 Å². The summed E-state index contributed by atoms with van der Waals surface area (Å²) in [6.45, 7) is 4.46. The molecule has 17 heavy (non-hydrogen) atoms. The topological polar surface area (TPSA) is 52.6 Å². The molecule has 2 fully saturated rings. The molecule has 0 spiro atoms. The third-order valence-electron chi connectivity index (χ3n) is 4.15. The number of carbonyl (C=O) groups is 1. The zero-order valence-corrected chi connectivity index (χ0v) is 10.7. The van der Waals surface area contributed by atoms with Crippen molar-refractivity contribution >= 4 is 6.03 Å². The summed E-state index contributed by atoms with van der Waals surface area (Å²) in [5.41, 5.74) is 0. The molecule has 1 aliphatic heterocycles. The smallest absolute Gasteiger partial charge is 0.317 e. The van der Waals surface area contributed by atoms with E-state index in [0.29, 0.717) is 11.8 Å². The Labute approximate surface area is 103 Å². The summed E-state index contributed by atoms with van der Waals surface area (Å²) in [6, 6.07) is 0.0556. The van der Waals surface area contributed by atoms with Crippen molar-refractivity contribution in [3.8, 4) is 0 Å². The summed E-state index contributed by atoms with van der Waals surface area (Å²) >= 11 is 0. The van der Waals surface area contributed by atoms with Crippen molar-refractivity contribution in [2.24, 2.45) is 11.8 Å². The number of nitrogens with zero attached hydrogens (tertiary/aromatic N) is 1. The number of hydrogen-bond acceptors (Lipinski definition) is 2. The van der Waals surface area contributed by atoms with Crippen molar-refractivity contribution in [1.29, 1.82) is 0 Å². The minimum Gasteiger partial charge on any atom is -0.393 e. The fourth-order valence-corrected chi connectivity index (χ4v) is 3.09. The average molecular weight is 240 g/mol. The molecule has 0 aromatic carbocycles. The van der Waals surface area contributed by atoms with Crippen LogP contribution in [0, 0.1) is 11.8 Å². The fourth-order valence-electron chi connectivity index (χ4n) is 3.09. The second-order valence-corrected chi connectivity index (χ2v) is 5.41. The highest BCUT2D eigenvalue weighted by atomic mass is 16.3. The van der Waals surface area contributed by atoms with Crippen LogP contribution in [0.3, 0.4) is 0 Å². The summed E-state index contributed by atoms with van der Waals surface area (Å²) < 4.78 is 0. The Balaban J connectivity index is 1.81. The van der Waals surface area contributed by atoms with Gasteiger partial charge in [-0.05, 0) is 25.2 Å². The highest BCUT2D eigenvalue weighted by Crippen LogP contribution is 2.36. The van der Waals surface area contributed by atoms with Gasteiger partial charge in [-0.15, -0.1) is 0 Å². The van der Waals surface area contributed by atoms with Crippen LogP contribution in [0.4, 0.5) is 4.79 Å². The van der Waals surface area contributed by atoms with Crippen LogP contribution in [0.2, 0.25) is 0 Å². The summed E-state index contributed by atoms with van der Waals surface area (Å²) in [5, 5.41) is 12.9. The van der Waals surface area contributed by atoms with E-state index in [1.54, 1.807) is 0 Å². The van der Waals surface area contributed by atoms with Crippen LogP contribution in [0.25, 0.3) is 0 Å². The Bertz CT molecular complexity index is 270. The number of urea groups is 1. The Morgan fingerprint density at radius 1 is 1.41 bits per heavy atom. The van der Waals surface area contributed by atoms with Crippen LogP contribution in [-0.2, 0) is 0 Å². The maximum absolute atomic E-state index is 11.9. The van der Waals surface area contributed by atoms with Gasteiger partial charge in [0.1, 0.15) is 0 Å². The van der Waals surface area contributed by atoms with Crippen molar-refractivity contribution < 1.29 is 9.90 Å². The lowest BCUT2D eigenvalue weighted by Gasteiger charge is -2.28. The van der Waals surface area contributed by atoms with Crippen molar-refractivity contribution in [1.82, 2.24) is 10.2 Å². The van der Waals surface area contributed by atoms with E-state index in [9.17, 15) is 9.90 Å². The van der Waals surface area contributed by atoms with E-state index in [2.05, 4.69) is 12.2 Å². The molecule has 0 unspecified atom stereocenters. The maximum atomic E-state index is 11.9. The van der Waals surface area contributed by atoms with Gasteiger partial charge in [-0.2, -0.15) is 0 Å². The zero-order valence-electron chi connectivity index (χ0n) is 10.7. The molecule has 1 aliphatic carbocycles. The fraction of sp³-hybridized carbons (Fsp3) is 0.923. The number of carbonyl (C=O) groups excluding carboxylic acids is 1. The molecule has 98 valence electrons. The summed E-state index contributed by atoms with van der Waals surface area (Å²) in [4.78, 5) is 13.8. The zero-order chi connectivity index (χ0) is 12.3. The maximum Gasteiger partial charge on any atom is 0.317 e. The number of amides is 2. The number of aliphatic hydroxyl groups excluding tert-OH is 1. The van der Waals surface area contributed by atoms with Crippen LogP contribution >= 0.6 is 0 Å². The Morgan fingerprint density at radius 3 is 2.94 bits per heavy atom. The molecule has 4 nitrogen and oxygen atoms in total. The van der Waals surface area contributed by atoms with Crippen LogP contribution in [0.15, 0.2) is 0 Å². The van der Waals surface area contributed by atoms with E-state index in [1.165, 1.54) is 6.42 Å². The van der Waals surface area contributed by atoms with Gasteiger partial charge in [0.2, 0.25) is 0 Å². The van der Waals surface area contributed by atoms with Gasteiger partial charge in [-0.1, -0.05) is 19.8 Å². The van der Waals surface area contributed by atoms with Crippen LogP contribution in [0.1, 0.15) is 39.0 Å². The minimum absolute atomic E-state index is 0.0556. The number of fused-ring (bicyclic) bond motifs is 1. The van der Waals surface area contributed by atoms with Crippen LogP contribution < -0.4 is 5.32 Å². The lowest BCUT2D eigenvalue weighted by Crippen LogP contribution is -2.39. The van der Waals surface area contributed by atoms with Gasteiger partial charge in [0.05, 0.1) is 6.10 Å². The predicted octanol–water partition coefficient (Wildman–Crippen LogP) is 1.59. The minimum atomic E-state index is -0.192. The molecule has 3 atom stereocenters. The molecule has 1 heterocycles. The standard InChI is InChI=1S/C13H24N2O2/c1-2-3-7-14-13(17)15-8-10-5-4-6-12(16)11(10)9-15/h10-12,16H,2-9H2,1H3,(H,14,17)/t10-,11+,12-/m0/s1. The van der Waals surface area contributed by atoms with E-state index in [0.717, 1.165) is 45.3 Å². The quantitative estimate of drug-likeness (QED) is 0.736. The molecule has 0 aromatic rings. The number of likely N-dealkylation sites (tertiary alicyclic amines) is 1. The van der Waals surface area contributed by atoms with Gasteiger partial charge in [0.15, 0.2) is 0 Å². The van der Waals surface area contributed by atoms with Crippen molar-refractivity contribution in [3.63, 3.8) is 0 Å². The van der Waals surface area contributed by atoms with Gasteiger partial charge in [-0.3, -0.25) is 0 Å². The molecular weight excluding hydrogens is 216 g/mol. The number of hydrogen-bond donors (Lipinski definition) is 2. The van der Waals surface area contributed by atoms with Gasteiger partial charge in [-0.25, -0.2) is 4.79 Å². The molecule has 1 saturated carbocycles. The molecule has 1 saturated heterocycles. The van der Waals surface area contributed by atoms with Crippen LogP contribution in [0.5, 0.6) is 0 Å².